The number of nitrogens with zero attached hydrogens (tertiary/aromatic N) is 1. The van der Waals surface area contributed by atoms with E-state index in [4.69, 9.17) is 21.3 Å². The average Bonchev–Trinajstić information content (AvgIpc) is 3.10. The maximum Gasteiger partial charge on any atom is 0.335 e. The van der Waals surface area contributed by atoms with Gasteiger partial charge in [-0.05, 0) is 63.3 Å². The molecule has 0 aliphatic carbocycles. The molecule has 2 fully saturated rings. The number of benzene rings is 1. The molecule has 0 N–H and O–H groups in total. The fourth-order valence-corrected chi connectivity index (χ4v) is 4.20. The Kier molecular flexibility index (Phi) is 6.79. The number of likely N-dealkylation sites (tertiary alicyclic amines) is 1. The van der Waals surface area contributed by atoms with Crippen molar-refractivity contribution >= 4 is 17.8 Å². The van der Waals surface area contributed by atoms with E-state index >= 15 is 0 Å². The molecule has 5 nitrogen and oxygen atoms in total. The van der Waals surface area contributed by atoms with E-state index < -0.39 is 11.4 Å². The quantitative estimate of drug-likeness (QED) is 0.674. The third-order valence-corrected chi connectivity index (χ3v) is 5.90. The lowest BCUT2D eigenvalue weighted by Crippen LogP contribution is -2.41. The van der Waals surface area contributed by atoms with Crippen molar-refractivity contribution in [2.45, 2.75) is 50.5 Å². The average molecular weight is 382 g/mol. The number of hydrogen-bond acceptors (Lipinski definition) is 5. The summed E-state index contributed by atoms with van der Waals surface area (Å²) in [6.45, 7) is 6.34. The van der Waals surface area contributed by atoms with Gasteiger partial charge in [-0.15, -0.1) is 0 Å². The van der Waals surface area contributed by atoms with Crippen molar-refractivity contribution in [1.29, 1.82) is 0 Å². The molecule has 0 aromatic heterocycles. The molecule has 0 radical (unpaired) electrons. The van der Waals surface area contributed by atoms with E-state index in [2.05, 4.69) is 16.1 Å². The first kappa shape index (κ1) is 19.5. The van der Waals surface area contributed by atoms with Gasteiger partial charge in [0.1, 0.15) is 17.6 Å². The molecule has 26 heavy (non-hydrogen) atoms. The van der Waals surface area contributed by atoms with E-state index in [1.807, 2.05) is 24.3 Å². The zero-order valence-corrected chi connectivity index (χ0v) is 16.2. The molecule has 1 aromatic carbocycles. The molecule has 2 saturated heterocycles. The van der Waals surface area contributed by atoms with Gasteiger partial charge in [0.15, 0.2) is 0 Å². The molecule has 3 rings (SSSR count). The Balaban J connectivity index is 1.54. The van der Waals surface area contributed by atoms with Crippen molar-refractivity contribution in [1.82, 2.24) is 4.90 Å². The van der Waals surface area contributed by atoms with Crippen LogP contribution in [0.25, 0.3) is 0 Å². The molecule has 0 unspecified atom stereocenters. The van der Waals surface area contributed by atoms with Crippen LogP contribution in [0.1, 0.15) is 44.6 Å². The lowest BCUT2D eigenvalue weighted by atomic mass is 9.74. The fourth-order valence-electron chi connectivity index (χ4n) is 4.06. The van der Waals surface area contributed by atoms with Gasteiger partial charge >= 0.3 is 5.97 Å². The minimum atomic E-state index is -0.718. The number of rotatable bonds is 7. The van der Waals surface area contributed by atoms with Crippen molar-refractivity contribution in [2.75, 3.05) is 32.9 Å². The van der Waals surface area contributed by atoms with E-state index in [-0.39, 0.29) is 0 Å². The Bertz CT molecular complexity index is 586. The van der Waals surface area contributed by atoms with Gasteiger partial charge in [0.05, 0.1) is 12.0 Å². The summed E-state index contributed by atoms with van der Waals surface area (Å²) in [5, 5.41) is 0. The van der Waals surface area contributed by atoms with Crippen molar-refractivity contribution < 1.29 is 18.6 Å². The van der Waals surface area contributed by atoms with Crippen LogP contribution in [0.15, 0.2) is 24.3 Å². The lowest BCUT2D eigenvalue weighted by Gasteiger charge is -2.34. The Labute approximate surface area is 160 Å². The summed E-state index contributed by atoms with van der Waals surface area (Å²) in [6.07, 6.45) is 4.78. The van der Waals surface area contributed by atoms with Crippen LogP contribution >= 0.6 is 11.9 Å². The minimum absolute atomic E-state index is 0.407. The molecule has 1 atom stereocenters. The monoisotopic (exact) mass is 381 g/mol. The second-order valence-electron chi connectivity index (χ2n) is 7.31. The molecule has 0 amide bonds. The predicted octanol–water partition coefficient (Wildman–Crippen LogP) is 3.69. The molecule has 0 bridgehead atoms. The van der Waals surface area contributed by atoms with Crippen LogP contribution in [0.5, 0.6) is 5.75 Å². The molecule has 2 heterocycles. The summed E-state index contributed by atoms with van der Waals surface area (Å²) < 4.78 is 15.8. The first-order valence-electron chi connectivity index (χ1n) is 9.54. The van der Waals surface area contributed by atoms with Crippen LogP contribution in [0.2, 0.25) is 0 Å². The summed E-state index contributed by atoms with van der Waals surface area (Å²) in [5.74, 6) is 0.417. The first-order valence-corrected chi connectivity index (χ1v) is 9.85. The first-order chi connectivity index (χ1) is 12.7. The van der Waals surface area contributed by atoms with Crippen LogP contribution in [0.3, 0.4) is 0 Å². The van der Waals surface area contributed by atoms with Crippen LogP contribution in [-0.2, 0) is 19.2 Å². The van der Waals surface area contributed by atoms with Crippen molar-refractivity contribution in [3.05, 3.63) is 29.8 Å². The van der Waals surface area contributed by atoms with E-state index in [1.54, 1.807) is 0 Å². The molecule has 2 aliphatic rings. The number of hydrogen-bond donors (Lipinski definition) is 0. The Morgan fingerprint density at radius 3 is 2.65 bits per heavy atom. The summed E-state index contributed by atoms with van der Waals surface area (Å²) in [5.41, 5.74) is 0.189. The maximum atomic E-state index is 12.3. The third kappa shape index (κ3) is 4.33. The third-order valence-electron chi connectivity index (χ3n) is 5.76. The second kappa shape index (κ2) is 9.07. The molecular formula is C20H28ClNO4. The van der Waals surface area contributed by atoms with Gasteiger partial charge in [-0.2, -0.15) is 0 Å². The van der Waals surface area contributed by atoms with E-state index in [0.29, 0.717) is 38.7 Å². The van der Waals surface area contributed by atoms with Crippen LogP contribution < -0.4 is 4.74 Å². The molecule has 144 valence electrons. The molecule has 6 heteroatoms. The summed E-state index contributed by atoms with van der Waals surface area (Å²) in [7, 11) is 0. The highest BCUT2D eigenvalue weighted by Crippen LogP contribution is 2.37. The highest BCUT2D eigenvalue weighted by Gasteiger charge is 2.43. The fraction of sp³-hybridized carbons (Fsp3) is 0.650. The van der Waals surface area contributed by atoms with Gasteiger partial charge in [0.2, 0.25) is 0 Å². The second-order valence-corrected chi connectivity index (χ2v) is 7.47. The largest absolute Gasteiger partial charge is 0.494 e. The van der Waals surface area contributed by atoms with Gasteiger partial charge in [0, 0.05) is 25.8 Å². The maximum absolute atomic E-state index is 12.3. The molecule has 0 saturated carbocycles. The van der Waals surface area contributed by atoms with Crippen LogP contribution in [0.4, 0.5) is 0 Å². The van der Waals surface area contributed by atoms with Crippen molar-refractivity contribution in [3.63, 3.8) is 0 Å². The lowest BCUT2D eigenvalue weighted by molar-refractivity contribution is -0.144. The van der Waals surface area contributed by atoms with E-state index in [0.717, 1.165) is 24.3 Å². The van der Waals surface area contributed by atoms with Crippen molar-refractivity contribution in [3.8, 4) is 5.75 Å². The smallest absolute Gasteiger partial charge is 0.335 e. The molecular weight excluding hydrogens is 354 g/mol. The predicted molar refractivity (Wildman–Crippen MR) is 100 cm³/mol. The van der Waals surface area contributed by atoms with Gasteiger partial charge in [-0.25, -0.2) is 4.79 Å². The standard InChI is InChI=1S/C20H28ClNO4/c1-16-4-2-11-22(16)12-3-13-25-18-7-5-17(6-8-18)20(19(23)26-21)9-14-24-15-10-20/h5-8,16H,2-4,9-15H2,1H3/t16-/m1/s1. The highest BCUT2D eigenvalue weighted by molar-refractivity contribution is 6.14. The summed E-state index contributed by atoms with van der Waals surface area (Å²) >= 11 is 5.39. The van der Waals surface area contributed by atoms with Crippen LogP contribution in [-0.4, -0.2) is 49.8 Å². The van der Waals surface area contributed by atoms with Gasteiger partial charge in [-0.1, -0.05) is 12.1 Å². The number of ether oxygens (including phenoxy) is 2. The zero-order chi connectivity index (χ0) is 18.4. The van der Waals surface area contributed by atoms with E-state index in [9.17, 15) is 4.79 Å². The number of carbonyl (C=O) groups is 1. The van der Waals surface area contributed by atoms with E-state index in [1.165, 1.54) is 19.4 Å². The van der Waals surface area contributed by atoms with Gasteiger partial charge in [0.25, 0.3) is 0 Å². The zero-order valence-electron chi connectivity index (χ0n) is 15.4. The molecule has 1 aromatic rings. The van der Waals surface area contributed by atoms with Gasteiger partial charge < -0.3 is 18.7 Å². The Morgan fingerprint density at radius 1 is 1.31 bits per heavy atom. The normalized spacial score (nSPS) is 22.9. The van der Waals surface area contributed by atoms with Crippen molar-refractivity contribution in [2.24, 2.45) is 0 Å². The Hall–Kier alpha value is -1.30. The number of carbonyl (C=O) groups excluding carboxylic acids is 1. The Morgan fingerprint density at radius 2 is 2.04 bits per heavy atom. The highest BCUT2D eigenvalue weighted by atomic mass is 35.5. The molecule has 0 spiro atoms. The summed E-state index contributed by atoms with van der Waals surface area (Å²) in [6, 6.07) is 8.43. The SMILES string of the molecule is C[C@@H]1CCCN1CCCOc1ccc(C2(C(=O)OCl)CCOCC2)cc1. The van der Waals surface area contributed by atoms with Crippen LogP contribution in [0, 0.1) is 0 Å². The minimum Gasteiger partial charge on any atom is -0.494 e. The topological polar surface area (TPSA) is 48.0 Å². The number of halogens is 1. The molecule has 2 aliphatic heterocycles. The van der Waals surface area contributed by atoms with Gasteiger partial charge in [-0.3, -0.25) is 0 Å². The summed E-state index contributed by atoms with van der Waals surface area (Å²) in [4.78, 5) is 14.8.